The van der Waals surface area contributed by atoms with E-state index in [0.29, 0.717) is 17.2 Å². The summed E-state index contributed by atoms with van der Waals surface area (Å²) in [5, 5.41) is 5.67. The quantitative estimate of drug-likeness (QED) is 0.895. The van der Waals surface area contributed by atoms with E-state index < -0.39 is 0 Å². The Balaban J connectivity index is 2.27. The fourth-order valence-electron chi connectivity index (χ4n) is 1.32. The van der Waals surface area contributed by atoms with Crippen LogP contribution in [0.3, 0.4) is 0 Å². The Morgan fingerprint density at radius 2 is 1.89 bits per heavy atom. The molecule has 1 heterocycles. The highest BCUT2D eigenvalue weighted by molar-refractivity contribution is 6.28. The molecule has 0 saturated carbocycles. The summed E-state index contributed by atoms with van der Waals surface area (Å²) >= 11 is 5.74. The van der Waals surface area contributed by atoms with Crippen LogP contribution in [0.1, 0.15) is 5.56 Å². The van der Waals surface area contributed by atoms with Crippen molar-refractivity contribution in [2.24, 2.45) is 0 Å². The third-order valence-electron chi connectivity index (χ3n) is 2.26. The molecule has 2 rings (SSSR count). The molecule has 0 saturated heterocycles. The highest BCUT2D eigenvalue weighted by atomic mass is 35.5. The second-order valence-corrected chi connectivity index (χ2v) is 3.93. The van der Waals surface area contributed by atoms with Crippen molar-refractivity contribution in [1.29, 1.82) is 0 Å². The average molecular weight is 268 g/mol. The van der Waals surface area contributed by atoms with E-state index in [1.165, 1.54) is 6.07 Å². The normalized spacial score (nSPS) is 10.2. The topological polar surface area (TPSA) is 62.7 Å². The van der Waals surface area contributed by atoms with Gasteiger partial charge in [-0.15, -0.1) is 0 Å². The van der Waals surface area contributed by atoms with Crippen LogP contribution in [0.25, 0.3) is 0 Å². The fourth-order valence-corrected chi connectivity index (χ4v) is 1.48. The molecule has 94 valence electrons. The first-order chi connectivity index (χ1) is 8.58. The first-order valence-electron chi connectivity index (χ1n) is 5.21. The van der Waals surface area contributed by atoms with Crippen LogP contribution in [0, 0.1) is 12.7 Å². The lowest BCUT2D eigenvalue weighted by Crippen LogP contribution is -2.03. The maximum atomic E-state index is 13.4. The van der Waals surface area contributed by atoms with Crippen LogP contribution < -0.4 is 10.6 Å². The molecule has 0 radical (unpaired) electrons. The Labute approximate surface area is 108 Å². The van der Waals surface area contributed by atoms with Crippen molar-refractivity contribution in [3.63, 3.8) is 0 Å². The first-order valence-corrected chi connectivity index (χ1v) is 5.59. The molecular weight excluding hydrogens is 257 g/mol. The maximum absolute atomic E-state index is 13.4. The molecule has 5 nitrogen and oxygen atoms in total. The van der Waals surface area contributed by atoms with Gasteiger partial charge in [0.25, 0.3) is 0 Å². The van der Waals surface area contributed by atoms with E-state index in [4.69, 9.17) is 11.6 Å². The summed E-state index contributed by atoms with van der Waals surface area (Å²) in [6, 6.07) is 4.76. The molecule has 0 unspecified atom stereocenters. The van der Waals surface area contributed by atoms with Crippen molar-refractivity contribution in [3.8, 4) is 0 Å². The number of nitrogens with zero attached hydrogens (tertiary/aromatic N) is 3. The molecule has 0 fully saturated rings. The number of aryl methyl sites for hydroxylation is 1. The minimum absolute atomic E-state index is 0.0597. The second-order valence-electron chi connectivity index (χ2n) is 3.59. The van der Waals surface area contributed by atoms with E-state index in [1.54, 1.807) is 26.1 Å². The summed E-state index contributed by atoms with van der Waals surface area (Å²) in [7, 11) is 1.67. The molecule has 0 amide bonds. The predicted octanol–water partition coefficient (Wildman–Crippen LogP) is 2.76. The van der Waals surface area contributed by atoms with Gasteiger partial charge >= 0.3 is 0 Å². The minimum Gasteiger partial charge on any atom is -0.357 e. The van der Waals surface area contributed by atoms with Crippen LogP contribution in [-0.2, 0) is 0 Å². The lowest BCUT2D eigenvalue weighted by atomic mass is 10.2. The number of hydrogen-bond acceptors (Lipinski definition) is 5. The first kappa shape index (κ1) is 12.5. The van der Waals surface area contributed by atoms with Gasteiger partial charge in [-0.2, -0.15) is 15.0 Å². The van der Waals surface area contributed by atoms with Crippen molar-refractivity contribution < 1.29 is 4.39 Å². The van der Waals surface area contributed by atoms with Crippen molar-refractivity contribution in [2.45, 2.75) is 6.92 Å². The van der Waals surface area contributed by atoms with Gasteiger partial charge in [0.15, 0.2) is 0 Å². The lowest BCUT2D eigenvalue weighted by Gasteiger charge is -2.07. The van der Waals surface area contributed by atoms with Crippen molar-refractivity contribution in [3.05, 3.63) is 34.9 Å². The van der Waals surface area contributed by atoms with Crippen molar-refractivity contribution in [2.75, 3.05) is 17.7 Å². The summed E-state index contributed by atoms with van der Waals surface area (Å²) in [5.41, 5.74) is 1.12. The van der Waals surface area contributed by atoms with Crippen LogP contribution in [0.4, 0.5) is 22.0 Å². The monoisotopic (exact) mass is 267 g/mol. The highest BCUT2D eigenvalue weighted by Crippen LogP contribution is 2.18. The fraction of sp³-hybridized carbons (Fsp3) is 0.182. The van der Waals surface area contributed by atoms with E-state index >= 15 is 0 Å². The summed E-state index contributed by atoms with van der Waals surface area (Å²) < 4.78 is 13.4. The van der Waals surface area contributed by atoms with E-state index in [0.717, 1.165) is 0 Å². The number of benzene rings is 1. The summed E-state index contributed by atoms with van der Waals surface area (Å²) in [6.07, 6.45) is 0. The van der Waals surface area contributed by atoms with Crippen LogP contribution in [-0.4, -0.2) is 22.0 Å². The number of aromatic nitrogens is 3. The van der Waals surface area contributed by atoms with E-state index in [1.807, 2.05) is 0 Å². The SMILES string of the molecule is CNc1nc(Cl)nc(Nc2ccc(C)c(F)c2)n1. The summed E-state index contributed by atoms with van der Waals surface area (Å²) in [4.78, 5) is 11.8. The molecule has 0 spiro atoms. The highest BCUT2D eigenvalue weighted by Gasteiger charge is 2.05. The van der Waals surface area contributed by atoms with Crippen LogP contribution in [0.2, 0.25) is 5.28 Å². The van der Waals surface area contributed by atoms with Crippen molar-refractivity contribution >= 4 is 29.2 Å². The Hall–Kier alpha value is -1.95. The van der Waals surface area contributed by atoms with Gasteiger partial charge in [0.05, 0.1) is 0 Å². The van der Waals surface area contributed by atoms with Gasteiger partial charge in [-0.25, -0.2) is 4.39 Å². The number of anilines is 3. The number of rotatable bonds is 3. The molecule has 2 aromatic rings. The number of nitrogens with one attached hydrogen (secondary N) is 2. The molecule has 2 N–H and O–H groups in total. The van der Waals surface area contributed by atoms with E-state index in [-0.39, 0.29) is 17.0 Å². The zero-order valence-electron chi connectivity index (χ0n) is 9.83. The second kappa shape index (κ2) is 5.14. The summed E-state index contributed by atoms with van der Waals surface area (Å²) in [5.74, 6) is 0.293. The minimum atomic E-state index is -0.297. The summed E-state index contributed by atoms with van der Waals surface area (Å²) in [6.45, 7) is 1.69. The van der Waals surface area contributed by atoms with Gasteiger partial charge in [0.2, 0.25) is 17.2 Å². The van der Waals surface area contributed by atoms with Gasteiger partial charge < -0.3 is 10.6 Å². The third kappa shape index (κ3) is 2.84. The largest absolute Gasteiger partial charge is 0.357 e. The molecular formula is C11H11ClFN5. The molecule has 1 aromatic heterocycles. The van der Waals surface area contributed by atoms with Crippen LogP contribution >= 0.6 is 11.6 Å². The van der Waals surface area contributed by atoms with Gasteiger partial charge in [-0.05, 0) is 36.2 Å². The molecule has 0 bridgehead atoms. The molecule has 18 heavy (non-hydrogen) atoms. The zero-order valence-corrected chi connectivity index (χ0v) is 10.6. The zero-order chi connectivity index (χ0) is 13.1. The van der Waals surface area contributed by atoms with Gasteiger partial charge in [-0.3, -0.25) is 0 Å². The van der Waals surface area contributed by atoms with E-state index in [2.05, 4.69) is 25.6 Å². The number of hydrogen-bond donors (Lipinski definition) is 2. The molecule has 1 aromatic carbocycles. The van der Waals surface area contributed by atoms with Crippen molar-refractivity contribution in [1.82, 2.24) is 15.0 Å². The van der Waals surface area contributed by atoms with Gasteiger partial charge in [0.1, 0.15) is 5.82 Å². The molecule has 0 atom stereocenters. The van der Waals surface area contributed by atoms with Gasteiger partial charge in [0, 0.05) is 12.7 Å². The van der Waals surface area contributed by atoms with Crippen LogP contribution in [0.15, 0.2) is 18.2 Å². The van der Waals surface area contributed by atoms with Crippen LogP contribution in [0.5, 0.6) is 0 Å². The molecule has 7 heteroatoms. The Morgan fingerprint density at radius 3 is 2.56 bits per heavy atom. The number of halogens is 2. The van der Waals surface area contributed by atoms with Gasteiger partial charge in [-0.1, -0.05) is 6.07 Å². The van der Waals surface area contributed by atoms with E-state index in [9.17, 15) is 4.39 Å². The molecule has 0 aliphatic carbocycles. The Morgan fingerprint density at radius 1 is 1.17 bits per heavy atom. The smallest absolute Gasteiger partial charge is 0.233 e. The molecule has 0 aliphatic heterocycles. The molecule has 0 aliphatic rings. The third-order valence-corrected chi connectivity index (χ3v) is 2.43. The standard InChI is InChI=1S/C11H11ClFN5/c1-6-3-4-7(5-8(6)13)15-11-17-9(12)16-10(14-2)18-11/h3-5H,1-2H3,(H2,14,15,16,17,18). The average Bonchev–Trinajstić information content (AvgIpc) is 2.33. The Kier molecular flexibility index (Phi) is 3.57. The Bertz CT molecular complexity index is 575. The predicted molar refractivity (Wildman–Crippen MR) is 68.8 cm³/mol. The lowest BCUT2D eigenvalue weighted by molar-refractivity contribution is 0.619. The maximum Gasteiger partial charge on any atom is 0.233 e.